The predicted molar refractivity (Wildman–Crippen MR) is 130 cm³/mol. The van der Waals surface area contributed by atoms with Crippen LogP contribution in [0.25, 0.3) is 11.5 Å². The van der Waals surface area contributed by atoms with Crippen molar-refractivity contribution in [2.24, 2.45) is 0 Å². The van der Waals surface area contributed by atoms with Crippen molar-refractivity contribution in [3.8, 4) is 11.5 Å². The molecule has 0 saturated carbocycles. The van der Waals surface area contributed by atoms with Gasteiger partial charge in [-0.3, -0.25) is 9.00 Å². The van der Waals surface area contributed by atoms with Crippen LogP contribution in [-0.4, -0.2) is 15.1 Å². The van der Waals surface area contributed by atoms with E-state index in [2.05, 4.69) is 10.3 Å². The van der Waals surface area contributed by atoms with E-state index in [1.165, 1.54) is 5.56 Å². The van der Waals surface area contributed by atoms with Crippen LogP contribution in [0.4, 0.5) is 0 Å². The van der Waals surface area contributed by atoms with Crippen LogP contribution in [0.5, 0.6) is 0 Å². The highest BCUT2D eigenvalue weighted by Gasteiger charge is 2.16. The number of aromatic nitrogens is 1. The Hall–Kier alpha value is -3.51. The first-order valence-electron chi connectivity index (χ1n) is 10.7. The molecule has 0 aliphatic heterocycles. The normalized spacial score (nSPS) is 11.8. The smallest absolute Gasteiger partial charge is 0.251 e. The van der Waals surface area contributed by atoms with Crippen molar-refractivity contribution < 1.29 is 13.4 Å². The van der Waals surface area contributed by atoms with Crippen LogP contribution >= 0.6 is 0 Å². The topological polar surface area (TPSA) is 72.2 Å². The maximum atomic E-state index is 12.7. The van der Waals surface area contributed by atoms with E-state index in [1.54, 1.807) is 12.1 Å². The second kappa shape index (κ2) is 9.96. The molecule has 0 saturated heterocycles. The lowest BCUT2D eigenvalue weighted by Crippen LogP contribution is -2.22. The molecule has 4 rings (SSSR count). The first-order chi connectivity index (χ1) is 15.9. The van der Waals surface area contributed by atoms with Gasteiger partial charge in [0, 0.05) is 22.6 Å². The number of nitrogens with zero attached hydrogens (tertiary/aromatic N) is 1. The molecule has 1 amide bonds. The van der Waals surface area contributed by atoms with Crippen molar-refractivity contribution in [3.63, 3.8) is 0 Å². The Morgan fingerprint density at radius 1 is 0.879 bits per heavy atom. The summed E-state index contributed by atoms with van der Waals surface area (Å²) in [6, 6.07) is 22.9. The van der Waals surface area contributed by atoms with E-state index in [0.717, 1.165) is 21.6 Å². The number of carbonyl (C=O) groups is 1. The predicted octanol–water partition coefficient (Wildman–Crippen LogP) is 5.50. The van der Waals surface area contributed by atoms with Crippen molar-refractivity contribution in [1.29, 1.82) is 0 Å². The number of rotatable bonds is 7. The van der Waals surface area contributed by atoms with Gasteiger partial charge < -0.3 is 9.73 Å². The van der Waals surface area contributed by atoms with E-state index >= 15 is 0 Å². The Bertz CT molecular complexity index is 1270. The van der Waals surface area contributed by atoms with Crippen LogP contribution in [0.3, 0.4) is 0 Å². The SMILES string of the molecule is Cc1ccc(CNC(=O)c2ccc(-c3nc(C[S@@](=O)c4ccc(C)cc4)c(C)o3)cc2)cc1. The fourth-order valence-corrected chi connectivity index (χ4v) is 4.46. The highest BCUT2D eigenvalue weighted by molar-refractivity contribution is 7.84. The molecular formula is C27H26N2O3S. The Morgan fingerprint density at radius 3 is 2.12 bits per heavy atom. The van der Waals surface area contributed by atoms with Gasteiger partial charge in [-0.1, -0.05) is 47.5 Å². The molecule has 1 N–H and O–H groups in total. The number of amides is 1. The van der Waals surface area contributed by atoms with Crippen molar-refractivity contribution in [2.45, 2.75) is 38.0 Å². The number of oxazole rings is 1. The first kappa shape index (κ1) is 22.7. The average molecular weight is 459 g/mol. The van der Waals surface area contributed by atoms with Crippen molar-refractivity contribution in [1.82, 2.24) is 10.3 Å². The lowest BCUT2D eigenvalue weighted by molar-refractivity contribution is 0.0951. The number of hydrogen-bond acceptors (Lipinski definition) is 4. The molecule has 33 heavy (non-hydrogen) atoms. The number of benzene rings is 3. The molecule has 3 aromatic carbocycles. The molecule has 4 aromatic rings. The van der Waals surface area contributed by atoms with Gasteiger partial charge in [-0.05, 0) is 62.7 Å². The molecule has 0 spiro atoms. The van der Waals surface area contributed by atoms with Gasteiger partial charge in [0.15, 0.2) is 0 Å². The Labute approximate surface area is 196 Å². The third-order valence-corrected chi connectivity index (χ3v) is 6.75. The third kappa shape index (κ3) is 5.65. The van der Waals surface area contributed by atoms with E-state index in [4.69, 9.17) is 4.42 Å². The maximum Gasteiger partial charge on any atom is 0.251 e. The second-order valence-corrected chi connectivity index (χ2v) is 9.52. The summed E-state index contributed by atoms with van der Waals surface area (Å²) in [5.74, 6) is 1.25. The number of aryl methyl sites for hydroxylation is 3. The molecule has 1 atom stereocenters. The van der Waals surface area contributed by atoms with Gasteiger partial charge in [0.05, 0.1) is 22.2 Å². The van der Waals surface area contributed by atoms with Crippen LogP contribution in [0.15, 0.2) is 82.1 Å². The lowest BCUT2D eigenvalue weighted by Gasteiger charge is -2.06. The van der Waals surface area contributed by atoms with E-state index in [1.807, 2.05) is 81.4 Å². The minimum absolute atomic E-state index is 0.139. The van der Waals surface area contributed by atoms with Crippen molar-refractivity contribution in [3.05, 3.63) is 107 Å². The van der Waals surface area contributed by atoms with Gasteiger partial charge in [-0.15, -0.1) is 0 Å². The summed E-state index contributed by atoms with van der Waals surface area (Å²) >= 11 is 0. The molecular weight excluding hydrogens is 432 g/mol. The fourth-order valence-electron chi connectivity index (χ4n) is 3.34. The van der Waals surface area contributed by atoms with Gasteiger partial charge in [0.25, 0.3) is 5.91 Å². The average Bonchev–Trinajstić information content (AvgIpc) is 3.19. The van der Waals surface area contributed by atoms with E-state index in [9.17, 15) is 9.00 Å². The van der Waals surface area contributed by atoms with Crippen molar-refractivity contribution >= 4 is 16.7 Å². The summed E-state index contributed by atoms with van der Waals surface area (Å²) in [6.07, 6.45) is 0. The van der Waals surface area contributed by atoms with Crippen LogP contribution in [0.2, 0.25) is 0 Å². The van der Waals surface area contributed by atoms with E-state index in [-0.39, 0.29) is 11.7 Å². The third-order valence-electron chi connectivity index (χ3n) is 5.41. The zero-order chi connectivity index (χ0) is 23.4. The molecule has 1 heterocycles. The lowest BCUT2D eigenvalue weighted by atomic mass is 10.1. The quantitative estimate of drug-likeness (QED) is 0.397. The number of nitrogens with one attached hydrogen (secondary N) is 1. The van der Waals surface area contributed by atoms with Gasteiger partial charge >= 0.3 is 0 Å². The summed E-state index contributed by atoms with van der Waals surface area (Å²) in [5, 5.41) is 2.94. The minimum atomic E-state index is -1.20. The molecule has 1 aromatic heterocycles. The standard InChI is InChI=1S/C27H26N2O3S/c1-18-4-8-21(9-5-18)16-28-26(30)22-10-12-23(13-11-22)27-29-25(20(3)32-27)17-33(31)24-14-6-19(2)7-15-24/h4-15H,16-17H2,1-3H3,(H,28,30)/t33-/m1/s1. The van der Waals surface area contributed by atoms with Gasteiger partial charge in [0.1, 0.15) is 5.76 Å². The molecule has 6 heteroatoms. The molecule has 0 bridgehead atoms. The molecule has 0 unspecified atom stereocenters. The summed E-state index contributed by atoms with van der Waals surface area (Å²) in [5.41, 5.74) is 5.37. The summed E-state index contributed by atoms with van der Waals surface area (Å²) in [6.45, 7) is 6.33. The highest BCUT2D eigenvalue weighted by Crippen LogP contribution is 2.24. The molecule has 168 valence electrons. The summed E-state index contributed by atoms with van der Waals surface area (Å²) in [4.78, 5) is 17.8. The monoisotopic (exact) mass is 458 g/mol. The van der Waals surface area contributed by atoms with Crippen LogP contribution in [0, 0.1) is 20.8 Å². The molecule has 0 fully saturated rings. The maximum absolute atomic E-state index is 12.7. The summed E-state index contributed by atoms with van der Waals surface area (Å²) in [7, 11) is -1.20. The number of hydrogen-bond donors (Lipinski definition) is 1. The zero-order valence-corrected chi connectivity index (χ0v) is 19.7. The highest BCUT2D eigenvalue weighted by atomic mass is 32.2. The Morgan fingerprint density at radius 2 is 1.48 bits per heavy atom. The van der Waals surface area contributed by atoms with E-state index < -0.39 is 10.8 Å². The van der Waals surface area contributed by atoms with Crippen molar-refractivity contribution in [2.75, 3.05) is 0 Å². The zero-order valence-electron chi connectivity index (χ0n) is 18.9. The van der Waals surface area contributed by atoms with Crippen LogP contribution < -0.4 is 5.32 Å². The fraction of sp³-hybridized carbons (Fsp3) is 0.185. The molecule has 5 nitrogen and oxygen atoms in total. The largest absolute Gasteiger partial charge is 0.441 e. The number of carbonyl (C=O) groups excluding carboxylic acids is 1. The second-order valence-electron chi connectivity index (χ2n) is 8.07. The van der Waals surface area contributed by atoms with Crippen LogP contribution in [-0.2, 0) is 23.1 Å². The van der Waals surface area contributed by atoms with E-state index in [0.29, 0.717) is 29.5 Å². The van der Waals surface area contributed by atoms with Gasteiger partial charge in [0.2, 0.25) is 5.89 Å². The molecule has 0 aliphatic rings. The molecule has 0 aliphatic carbocycles. The molecule has 0 radical (unpaired) electrons. The minimum Gasteiger partial charge on any atom is -0.441 e. The van der Waals surface area contributed by atoms with Gasteiger partial charge in [-0.25, -0.2) is 4.98 Å². The van der Waals surface area contributed by atoms with Gasteiger partial charge in [-0.2, -0.15) is 0 Å². The first-order valence-corrected chi connectivity index (χ1v) is 12.1. The Balaban J connectivity index is 1.41. The summed E-state index contributed by atoms with van der Waals surface area (Å²) < 4.78 is 18.5. The Kier molecular flexibility index (Phi) is 6.84. The van der Waals surface area contributed by atoms with Crippen LogP contribution in [0.1, 0.15) is 38.5 Å².